The molecule has 1 N–H and O–H groups in total. The number of hydrogen-bond acceptors (Lipinski definition) is 3. The topological polar surface area (TPSA) is 36.3 Å². The molecule has 144 valence electrons. The van der Waals surface area contributed by atoms with E-state index in [4.69, 9.17) is 12.2 Å². The van der Waals surface area contributed by atoms with Gasteiger partial charge in [-0.3, -0.25) is 4.98 Å². The third-order valence-corrected chi connectivity index (χ3v) is 6.16. The Kier molecular flexibility index (Phi) is 5.45. The molecule has 3 heterocycles. The standard InChI is InChI=1S/C21H29N5S/c1-24(2)13-14-26-20(16-10-12-25(15-16)17-7-3-4-8-17)19(23-21(26)27)18-9-5-6-11-22-18/h5-6,9-12,15,17,19-20H,3-4,7-8,13-14H2,1-2H3,(H,23,27)/t19-,20+/m1/s1. The van der Waals surface area contributed by atoms with Crippen molar-refractivity contribution >= 4 is 17.3 Å². The molecule has 1 aliphatic heterocycles. The summed E-state index contributed by atoms with van der Waals surface area (Å²) in [6.45, 7) is 1.87. The van der Waals surface area contributed by atoms with Gasteiger partial charge < -0.3 is 19.7 Å². The van der Waals surface area contributed by atoms with Crippen LogP contribution in [0.1, 0.15) is 55.1 Å². The Morgan fingerprint density at radius 2 is 2.04 bits per heavy atom. The highest BCUT2D eigenvalue weighted by molar-refractivity contribution is 7.80. The van der Waals surface area contributed by atoms with Crippen LogP contribution in [-0.2, 0) is 0 Å². The first kappa shape index (κ1) is 18.4. The lowest BCUT2D eigenvalue weighted by Gasteiger charge is -2.28. The summed E-state index contributed by atoms with van der Waals surface area (Å²) in [6, 6.07) is 9.30. The molecule has 2 aromatic rings. The molecule has 1 aliphatic carbocycles. The van der Waals surface area contributed by atoms with Gasteiger partial charge in [0.1, 0.15) is 0 Å². The zero-order valence-electron chi connectivity index (χ0n) is 16.2. The number of nitrogens with one attached hydrogen (secondary N) is 1. The number of thiocarbonyl (C=S) groups is 1. The minimum atomic E-state index is 0.0836. The summed E-state index contributed by atoms with van der Waals surface area (Å²) in [5.41, 5.74) is 2.37. The Morgan fingerprint density at radius 1 is 1.22 bits per heavy atom. The van der Waals surface area contributed by atoms with E-state index in [2.05, 4.69) is 69.4 Å². The SMILES string of the molecule is CN(C)CCN1C(=S)N[C@H](c2ccccn2)[C@@H]1c1ccn(C2CCCC2)c1. The lowest BCUT2D eigenvalue weighted by molar-refractivity contribution is 0.277. The lowest BCUT2D eigenvalue weighted by Crippen LogP contribution is -2.35. The van der Waals surface area contributed by atoms with E-state index in [-0.39, 0.29) is 12.1 Å². The minimum absolute atomic E-state index is 0.0836. The largest absolute Gasteiger partial charge is 0.352 e. The molecular formula is C21H29N5S. The second kappa shape index (κ2) is 7.98. The van der Waals surface area contributed by atoms with E-state index in [0.29, 0.717) is 6.04 Å². The van der Waals surface area contributed by atoms with Crippen molar-refractivity contribution in [3.63, 3.8) is 0 Å². The molecule has 6 heteroatoms. The number of likely N-dealkylation sites (N-methyl/N-ethyl adjacent to an activating group) is 1. The van der Waals surface area contributed by atoms with Gasteiger partial charge in [0.15, 0.2) is 5.11 Å². The van der Waals surface area contributed by atoms with Crippen LogP contribution in [-0.4, -0.2) is 51.6 Å². The van der Waals surface area contributed by atoms with E-state index in [0.717, 1.165) is 23.9 Å². The summed E-state index contributed by atoms with van der Waals surface area (Å²) in [5.74, 6) is 0. The third-order valence-electron chi connectivity index (χ3n) is 5.81. The van der Waals surface area contributed by atoms with E-state index in [1.54, 1.807) is 0 Å². The molecule has 2 atom stereocenters. The van der Waals surface area contributed by atoms with E-state index in [1.807, 2.05) is 12.3 Å². The number of hydrogen-bond donors (Lipinski definition) is 1. The number of nitrogens with zero attached hydrogens (tertiary/aromatic N) is 4. The van der Waals surface area contributed by atoms with Gasteiger partial charge in [0.25, 0.3) is 0 Å². The van der Waals surface area contributed by atoms with Crippen molar-refractivity contribution in [2.24, 2.45) is 0 Å². The van der Waals surface area contributed by atoms with Crippen LogP contribution in [0.4, 0.5) is 0 Å². The summed E-state index contributed by atoms with van der Waals surface area (Å²) in [4.78, 5) is 9.16. The van der Waals surface area contributed by atoms with Crippen molar-refractivity contribution in [2.75, 3.05) is 27.2 Å². The van der Waals surface area contributed by atoms with E-state index in [9.17, 15) is 0 Å². The molecule has 5 nitrogen and oxygen atoms in total. The predicted octanol–water partition coefficient (Wildman–Crippen LogP) is 3.53. The molecule has 2 fully saturated rings. The molecule has 4 rings (SSSR count). The van der Waals surface area contributed by atoms with Crippen molar-refractivity contribution < 1.29 is 0 Å². The number of rotatable bonds is 6. The molecule has 0 unspecified atom stereocenters. The lowest BCUT2D eigenvalue weighted by atomic mass is 9.99. The van der Waals surface area contributed by atoms with Crippen LogP contribution in [0.5, 0.6) is 0 Å². The van der Waals surface area contributed by atoms with Gasteiger partial charge in [0.05, 0.1) is 17.8 Å². The summed E-state index contributed by atoms with van der Waals surface area (Å²) in [5, 5.41) is 4.36. The van der Waals surface area contributed by atoms with Crippen molar-refractivity contribution in [2.45, 2.75) is 43.8 Å². The highest BCUT2D eigenvalue weighted by Crippen LogP contribution is 2.39. The minimum Gasteiger partial charge on any atom is -0.352 e. The summed E-state index contributed by atoms with van der Waals surface area (Å²) >= 11 is 5.72. The van der Waals surface area contributed by atoms with Gasteiger partial charge >= 0.3 is 0 Å². The second-order valence-corrected chi connectivity index (χ2v) is 8.34. The van der Waals surface area contributed by atoms with Gasteiger partial charge in [-0.15, -0.1) is 0 Å². The average Bonchev–Trinajstić information content (AvgIpc) is 3.40. The zero-order valence-corrected chi connectivity index (χ0v) is 17.0. The molecule has 1 saturated heterocycles. The van der Waals surface area contributed by atoms with Gasteiger partial charge in [0.2, 0.25) is 0 Å². The fourth-order valence-corrected chi connectivity index (χ4v) is 4.68. The maximum atomic E-state index is 5.72. The zero-order chi connectivity index (χ0) is 18.8. The molecule has 1 saturated carbocycles. The Balaban J connectivity index is 1.65. The third kappa shape index (κ3) is 3.87. The van der Waals surface area contributed by atoms with E-state index < -0.39 is 0 Å². The van der Waals surface area contributed by atoms with Crippen molar-refractivity contribution in [3.05, 3.63) is 54.1 Å². The molecule has 0 radical (unpaired) electrons. The van der Waals surface area contributed by atoms with Crippen LogP contribution in [0.2, 0.25) is 0 Å². The van der Waals surface area contributed by atoms with Gasteiger partial charge in [-0.2, -0.15) is 0 Å². The van der Waals surface area contributed by atoms with Crippen molar-refractivity contribution in [3.8, 4) is 0 Å². The predicted molar refractivity (Wildman–Crippen MR) is 113 cm³/mol. The molecule has 0 aromatic carbocycles. The Hall–Kier alpha value is -1.92. The van der Waals surface area contributed by atoms with E-state index in [1.165, 1.54) is 31.2 Å². The fourth-order valence-electron chi connectivity index (χ4n) is 4.35. The molecular weight excluding hydrogens is 354 g/mol. The monoisotopic (exact) mass is 383 g/mol. The second-order valence-electron chi connectivity index (χ2n) is 7.95. The van der Waals surface area contributed by atoms with Gasteiger partial charge in [-0.25, -0.2) is 0 Å². The normalized spacial score (nSPS) is 23.4. The molecule has 0 spiro atoms. The van der Waals surface area contributed by atoms with Crippen LogP contribution in [0.25, 0.3) is 0 Å². The van der Waals surface area contributed by atoms with Crippen molar-refractivity contribution in [1.82, 2.24) is 24.7 Å². The summed E-state index contributed by atoms with van der Waals surface area (Å²) in [6.07, 6.45) is 11.7. The molecule has 2 aromatic heterocycles. The first-order chi connectivity index (χ1) is 13.1. The van der Waals surface area contributed by atoms with Crippen molar-refractivity contribution in [1.29, 1.82) is 0 Å². The van der Waals surface area contributed by atoms with Gasteiger partial charge in [-0.1, -0.05) is 18.9 Å². The first-order valence-electron chi connectivity index (χ1n) is 9.93. The highest BCUT2D eigenvalue weighted by Gasteiger charge is 2.40. The number of aromatic nitrogens is 2. The molecule has 0 bridgehead atoms. The summed E-state index contributed by atoms with van der Waals surface area (Å²) in [7, 11) is 4.21. The smallest absolute Gasteiger partial charge is 0.170 e. The molecule has 27 heavy (non-hydrogen) atoms. The van der Waals surface area contributed by atoms with Gasteiger partial charge in [-0.05, 0) is 62.9 Å². The fraction of sp³-hybridized carbons (Fsp3) is 0.524. The van der Waals surface area contributed by atoms with Crippen LogP contribution < -0.4 is 5.32 Å². The highest BCUT2D eigenvalue weighted by atomic mass is 32.1. The molecule has 0 amide bonds. The van der Waals surface area contributed by atoms with Crippen LogP contribution >= 0.6 is 12.2 Å². The quantitative estimate of drug-likeness (QED) is 0.772. The Labute approximate surface area is 167 Å². The van der Waals surface area contributed by atoms with Crippen LogP contribution in [0.15, 0.2) is 42.9 Å². The van der Waals surface area contributed by atoms with E-state index >= 15 is 0 Å². The Bertz CT molecular complexity index is 766. The maximum absolute atomic E-state index is 5.72. The van der Waals surface area contributed by atoms with Crippen LogP contribution in [0, 0.1) is 0 Å². The average molecular weight is 384 g/mol. The first-order valence-corrected chi connectivity index (χ1v) is 10.3. The number of pyridine rings is 1. The van der Waals surface area contributed by atoms with Gasteiger partial charge in [0, 0.05) is 37.7 Å². The van der Waals surface area contributed by atoms with Crippen LogP contribution in [0.3, 0.4) is 0 Å². The maximum Gasteiger partial charge on any atom is 0.170 e. The Morgan fingerprint density at radius 3 is 2.74 bits per heavy atom. The summed E-state index contributed by atoms with van der Waals surface area (Å²) < 4.78 is 2.42. The molecule has 2 aliphatic rings.